The number of hydrogen-bond acceptors (Lipinski definition) is 3. The molecule has 0 atom stereocenters. The number of carbonyl (C=O) groups is 1. The van der Waals surface area contributed by atoms with Gasteiger partial charge in [-0.05, 0) is 38.4 Å². The number of carbonyl (C=O) groups excluding carboxylic acids is 1. The number of nitrogens with zero attached hydrogens (tertiary/aromatic N) is 4. The molecule has 0 saturated carbocycles. The van der Waals surface area contributed by atoms with Crippen LogP contribution < -0.4 is 0 Å². The molecule has 3 rings (SSSR count). The molecule has 1 aliphatic rings. The summed E-state index contributed by atoms with van der Waals surface area (Å²) in [5.74, 6) is 0.584. The van der Waals surface area contributed by atoms with Gasteiger partial charge in [-0.1, -0.05) is 32.0 Å². The number of aromatic nitrogens is 2. The van der Waals surface area contributed by atoms with Crippen molar-refractivity contribution in [1.29, 1.82) is 0 Å². The van der Waals surface area contributed by atoms with Crippen LogP contribution in [0.1, 0.15) is 35.6 Å². The van der Waals surface area contributed by atoms with Gasteiger partial charge in [-0.25, -0.2) is 4.68 Å². The average molecular weight is 340 g/mol. The van der Waals surface area contributed by atoms with Gasteiger partial charge in [-0.2, -0.15) is 5.10 Å². The Morgan fingerprint density at radius 1 is 1.12 bits per heavy atom. The van der Waals surface area contributed by atoms with Crippen molar-refractivity contribution in [2.75, 3.05) is 33.2 Å². The van der Waals surface area contributed by atoms with Crippen LogP contribution in [0.15, 0.2) is 30.3 Å². The predicted octanol–water partition coefficient (Wildman–Crippen LogP) is 2.77. The fourth-order valence-electron chi connectivity index (χ4n) is 3.36. The van der Waals surface area contributed by atoms with E-state index in [-0.39, 0.29) is 5.91 Å². The van der Waals surface area contributed by atoms with Crippen LogP contribution in [0.3, 0.4) is 0 Å². The molecule has 1 fully saturated rings. The summed E-state index contributed by atoms with van der Waals surface area (Å²) in [7, 11) is 2.10. The second-order valence-electron chi connectivity index (χ2n) is 7.35. The predicted molar refractivity (Wildman–Crippen MR) is 100 cm³/mol. The number of benzene rings is 1. The molecular formula is C20H28N4O. The minimum atomic E-state index is 0.128. The first-order valence-electron chi connectivity index (χ1n) is 9.09. The van der Waals surface area contributed by atoms with E-state index in [1.807, 2.05) is 46.8 Å². The van der Waals surface area contributed by atoms with Gasteiger partial charge in [-0.3, -0.25) is 4.79 Å². The van der Waals surface area contributed by atoms with E-state index >= 15 is 0 Å². The highest BCUT2D eigenvalue weighted by Crippen LogP contribution is 2.23. The minimum absolute atomic E-state index is 0.128. The average Bonchev–Trinajstić information content (AvgIpc) is 2.91. The summed E-state index contributed by atoms with van der Waals surface area (Å²) in [5, 5.41) is 4.81. The molecule has 0 aliphatic carbocycles. The molecule has 5 heteroatoms. The van der Waals surface area contributed by atoms with Crippen molar-refractivity contribution in [3.8, 4) is 5.69 Å². The lowest BCUT2D eigenvalue weighted by Crippen LogP contribution is -2.47. The Hall–Kier alpha value is -2.14. The largest absolute Gasteiger partial charge is 0.336 e. The van der Waals surface area contributed by atoms with Gasteiger partial charge >= 0.3 is 0 Å². The Labute approximate surface area is 150 Å². The molecule has 1 amide bonds. The number of para-hydroxylation sites is 1. The van der Waals surface area contributed by atoms with Crippen LogP contribution in [0.2, 0.25) is 0 Å². The molecule has 1 saturated heterocycles. The first-order chi connectivity index (χ1) is 12.0. The van der Waals surface area contributed by atoms with Crippen molar-refractivity contribution in [1.82, 2.24) is 19.6 Å². The number of amides is 1. The number of likely N-dealkylation sites (N-methyl/N-ethyl adjacent to an activating group) is 1. The third kappa shape index (κ3) is 3.76. The Bertz CT molecular complexity index is 728. The van der Waals surface area contributed by atoms with Crippen LogP contribution in [-0.4, -0.2) is 58.7 Å². The van der Waals surface area contributed by atoms with Crippen molar-refractivity contribution >= 4 is 5.91 Å². The minimum Gasteiger partial charge on any atom is -0.336 e. The zero-order valence-electron chi connectivity index (χ0n) is 15.7. The molecular weight excluding hydrogens is 312 g/mol. The van der Waals surface area contributed by atoms with Crippen molar-refractivity contribution in [2.45, 2.75) is 27.2 Å². The molecule has 134 valence electrons. The standard InChI is InChI=1S/C20H28N4O/c1-15(2)14-18-19(20(25)23-12-10-22(4)11-13-23)16(3)24(21-18)17-8-6-5-7-9-17/h5-9,15H,10-14H2,1-4H3. The lowest BCUT2D eigenvalue weighted by molar-refractivity contribution is 0.0662. The monoisotopic (exact) mass is 340 g/mol. The summed E-state index contributed by atoms with van der Waals surface area (Å²) in [6.07, 6.45) is 0.815. The number of rotatable bonds is 4. The quantitative estimate of drug-likeness (QED) is 0.859. The van der Waals surface area contributed by atoms with Crippen LogP contribution in [0.25, 0.3) is 5.69 Å². The lowest BCUT2D eigenvalue weighted by Gasteiger charge is -2.32. The third-order valence-corrected chi connectivity index (χ3v) is 4.80. The first kappa shape index (κ1) is 17.7. The van der Waals surface area contributed by atoms with Crippen LogP contribution in [0, 0.1) is 12.8 Å². The maximum absolute atomic E-state index is 13.2. The van der Waals surface area contributed by atoms with E-state index < -0.39 is 0 Å². The molecule has 0 radical (unpaired) electrons. The molecule has 1 aliphatic heterocycles. The summed E-state index contributed by atoms with van der Waals surface area (Å²) in [4.78, 5) is 17.5. The zero-order chi connectivity index (χ0) is 18.0. The van der Waals surface area contributed by atoms with Gasteiger partial charge < -0.3 is 9.80 Å². The van der Waals surface area contributed by atoms with Gasteiger partial charge in [0.05, 0.1) is 22.6 Å². The molecule has 5 nitrogen and oxygen atoms in total. The second-order valence-corrected chi connectivity index (χ2v) is 7.35. The van der Waals surface area contributed by atoms with Gasteiger partial charge in [0.2, 0.25) is 0 Å². The summed E-state index contributed by atoms with van der Waals surface area (Å²) in [6, 6.07) is 10.1. The van der Waals surface area contributed by atoms with Gasteiger partial charge in [0.25, 0.3) is 5.91 Å². The smallest absolute Gasteiger partial charge is 0.257 e. The fraction of sp³-hybridized carbons (Fsp3) is 0.500. The maximum atomic E-state index is 13.2. The molecule has 1 aromatic heterocycles. The highest BCUT2D eigenvalue weighted by atomic mass is 16.2. The SMILES string of the molecule is Cc1c(C(=O)N2CCN(C)CC2)c(CC(C)C)nn1-c1ccccc1. The highest BCUT2D eigenvalue weighted by molar-refractivity contribution is 5.96. The normalized spacial score (nSPS) is 15.8. The van der Waals surface area contributed by atoms with E-state index in [0.29, 0.717) is 5.92 Å². The van der Waals surface area contributed by atoms with Crippen molar-refractivity contribution in [2.24, 2.45) is 5.92 Å². The van der Waals surface area contributed by atoms with E-state index in [1.165, 1.54) is 0 Å². The Kier molecular flexibility index (Phi) is 5.23. The van der Waals surface area contributed by atoms with Crippen molar-refractivity contribution in [3.63, 3.8) is 0 Å². The number of hydrogen-bond donors (Lipinski definition) is 0. The maximum Gasteiger partial charge on any atom is 0.257 e. The van der Waals surface area contributed by atoms with E-state index in [9.17, 15) is 4.79 Å². The summed E-state index contributed by atoms with van der Waals surface area (Å²) in [6.45, 7) is 9.77. The van der Waals surface area contributed by atoms with Gasteiger partial charge in [-0.15, -0.1) is 0 Å². The first-order valence-corrected chi connectivity index (χ1v) is 9.09. The highest BCUT2D eigenvalue weighted by Gasteiger charge is 2.28. The van der Waals surface area contributed by atoms with E-state index in [4.69, 9.17) is 5.10 Å². The van der Waals surface area contributed by atoms with Crippen LogP contribution in [-0.2, 0) is 6.42 Å². The van der Waals surface area contributed by atoms with Crippen molar-refractivity contribution < 1.29 is 4.79 Å². The Morgan fingerprint density at radius 2 is 1.76 bits per heavy atom. The molecule has 25 heavy (non-hydrogen) atoms. The molecule has 0 unspecified atom stereocenters. The van der Waals surface area contributed by atoms with Crippen LogP contribution in [0.5, 0.6) is 0 Å². The number of piperazine rings is 1. The summed E-state index contributed by atoms with van der Waals surface area (Å²) >= 11 is 0. The molecule has 0 N–H and O–H groups in total. The Morgan fingerprint density at radius 3 is 2.36 bits per heavy atom. The fourth-order valence-corrected chi connectivity index (χ4v) is 3.36. The van der Waals surface area contributed by atoms with E-state index in [1.54, 1.807) is 0 Å². The van der Waals surface area contributed by atoms with Crippen LogP contribution in [0.4, 0.5) is 0 Å². The molecule has 2 heterocycles. The van der Waals surface area contributed by atoms with E-state index in [0.717, 1.165) is 55.2 Å². The van der Waals surface area contributed by atoms with Crippen molar-refractivity contribution in [3.05, 3.63) is 47.3 Å². The zero-order valence-corrected chi connectivity index (χ0v) is 15.7. The van der Waals surface area contributed by atoms with Gasteiger partial charge in [0, 0.05) is 26.2 Å². The third-order valence-electron chi connectivity index (χ3n) is 4.80. The molecule has 0 bridgehead atoms. The van der Waals surface area contributed by atoms with Gasteiger partial charge in [0.15, 0.2) is 0 Å². The molecule has 2 aromatic rings. The van der Waals surface area contributed by atoms with Gasteiger partial charge in [0.1, 0.15) is 0 Å². The Balaban J connectivity index is 1.98. The second kappa shape index (κ2) is 7.40. The molecule has 1 aromatic carbocycles. The summed E-state index contributed by atoms with van der Waals surface area (Å²) < 4.78 is 1.92. The van der Waals surface area contributed by atoms with E-state index in [2.05, 4.69) is 25.8 Å². The van der Waals surface area contributed by atoms with Crippen LogP contribution >= 0.6 is 0 Å². The topological polar surface area (TPSA) is 41.4 Å². The summed E-state index contributed by atoms with van der Waals surface area (Å²) in [5.41, 5.74) is 3.65. The lowest BCUT2D eigenvalue weighted by atomic mass is 10.0. The molecule has 0 spiro atoms.